The second kappa shape index (κ2) is 7.58. The van der Waals surface area contributed by atoms with Gasteiger partial charge in [0.25, 0.3) is 0 Å². The number of imidazole rings is 1. The van der Waals surface area contributed by atoms with Gasteiger partial charge in [-0.2, -0.15) is 0 Å². The molecule has 6 nitrogen and oxygen atoms in total. The molecule has 3 aromatic heterocycles. The number of anilines is 1. The van der Waals surface area contributed by atoms with Gasteiger partial charge in [-0.25, -0.2) is 9.50 Å². The summed E-state index contributed by atoms with van der Waals surface area (Å²) in [6.45, 7) is 8.97. The van der Waals surface area contributed by atoms with E-state index in [0.29, 0.717) is 0 Å². The van der Waals surface area contributed by atoms with Gasteiger partial charge in [-0.15, -0.1) is 16.4 Å². The van der Waals surface area contributed by atoms with Gasteiger partial charge in [0.2, 0.25) is 0 Å². The number of rotatable bonds is 5. The van der Waals surface area contributed by atoms with Crippen LogP contribution >= 0.6 is 11.3 Å². The highest BCUT2D eigenvalue weighted by Gasteiger charge is 2.19. The zero-order valence-corrected chi connectivity index (χ0v) is 16.4. The van der Waals surface area contributed by atoms with Crippen molar-refractivity contribution < 1.29 is 0 Å². The molecule has 3 aromatic rings. The largest absolute Gasteiger partial charge is 0.353 e. The fraction of sp³-hybridized carbons (Fsp3) is 0.500. The van der Waals surface area contributed by atoms with E-state index in [2.05, 4.69) is 42.3 Å². The summed E-state index contributed by atoms with van der Waals surface area (Å²) in [5.74, 6) is 1.05. The van der Waals surface area contributed by atoms with Gasteiger partial charge in [0, 0.05) is 56.5 Å². The van der Waals surface area contributed by atoms with E-state index in [-0.39, 0.29) is 0 Å². The summed E-state index contributed by atoms with van der Waals surface area (Å²) in [4.78, 5) is 13.3. The monoisotopic (exact) mass is 382 g/mol. The van der Waals surface area contributed by atoms with Crippen molar-refractivity contribution in [2.75, 3.05) is 44.2 Å². The first-order valence-electron chi connectivity index (χ1n) is 9.90. The Hall–Kier alpha value is -1.96. The Balaban J connectivity index is 1.15. The Bertz CT molecular complexity index is 889. The Morgan fingerprint density at radius 1 is 0.926 bits per heavy atom. The van der Waals surface area contributed by atoms with Crippen LogP contribution in [0, 0.1) is 0 Å². The molecule has 0 bridgehead atoms. The van der Waals surface area contributed by atoms with Gasteiger partial charge in [-0.05, 0) is 55.1 Å². The normalized spacial score (nSPS) is 19.3. The Labute approximate surface area is 164 Å². The molecule has 5 heterocycles. The zero-order chi connectivity index (χ0) is 18.1. The quantitative estimate of drug-likeness (QED) is 0.679. The van der Waals surface area contributed by atoms with Crippen LogP contribution in [0.2, 0.25) is 0 Å². The maximum absolute atomic E-state index is 4.68. The molecule has 0 spiro atoms. The van der Waals surface area contributed by atoms with Crippen LogP contribution < -0.4 is 4.90 Å². The van der Waals surface area contributed by atoms with Crippen LogP contribution in [-0.2, 0) is 13.1 Å². The molecule has 0 aliphatic carbocycles. The third kappa shape index (κ3) is 3.85. The maximum Gasteiger partial charge on any atom is 0.153 e. The SMILES string of the molecule is c1cn2nc(N3CCN(Cc4cc(CN5CCCC5)cs4)CC3)ccc2n1. The summed E-state index contributed by atoms with van der Waals surface area (Å²) >= 11 is 1.92. The topological polar surface area (TPSA) is 39.9 Å². The highest BCUT2D eigenvalue weighted by molar-refractivity contribution is 7.10. The summed E-state index contributed by atoms with van der Waals surface area (Å²) in [6.07, 6.45) is 6.43. The number of aromatic nitrogens is 3. The van der Waals surface area contributed by atoms with Crippen molar-refractivity contribution in [2.24, 2.45) is 0 Å². The van der Waals surface area contributed by atoms with Gasteiger partial charge in [-0.1, -0.05) is 0 Å². The van der Waals surface area contributed by atoms with E-state index in [1.54, 1.807) is 6.20 Å². The summed E-state index contributed by atoms with van der Waals surface area (Å²) in [6, 6.07) is 6.55. The highest BCUT2D eigenvalue weighted by Crippen LogP contribution is 2.21. The average Bonchev–Trinajstić information content (AvgIpc) is 3.44. The molecule has 2 saturated heterocycles. The van der Waals surface area contributed by atoms with Crippen LogP contribution in [0.4, 0.5) is 5.82 Å². The van der Waals surface area contributed by atoms with E-state index in [9.17, 15) is 0 Å². The molecule has 142 valence electrons. The number of piperazine rings is 1. The molecule has 0 radical (unpaired) electrons. The Morgan fingerprint density at radius 3 is 2.59 bits per heavy atom. The first-order valence-corrected chi connectivity index (χ1v) is 10.8. The van der Waals surface area contributed by atoms with Crippen LogP contribution in [0.5, 0.6) is 0 Å². The smallest absolute Gasteiger partial charge is 0.153 e. The van der Waals surface area contributed by atoms with Gasteiger partial charge in [0.15, 0.2) is 5.65 Å². The van der Waals surface area contributed by atoms with Crippen molar-refractivity contribution in [3.05, 3.63) is 46.4 Å². The summed E-state index contributed by atoms with van der Waals surface area (Å²) < 4.78 is 1.86. The zero-order valence-electron chi connectivity index (χ0n) is 15.6. The maximum atomic E-state index is 4.68. The number of thiophene rings is 1. The minimum absolute atomic E-state index is 0.903. The number of hydrogen-bond acceptors (Lipinski definition) is 6. The fourth-order valence-electron chi connectivity index (χ4n) is 4.12. The van der Waals surface area contributed by atoms with Crippen molar-refractivity contribution in [1.29, 1.82) is 0 Å². The lowest BCUT2D eigenvalue weighted by molar-refractivity contribution is 0.251. The number of nitrogens with zero attached hydrogens (tertiary/aromatic N) is 6. The summed E-state index contributed by atoms with van der Waals surface area (Å²) in [5.41, 5.74) is 2.40. The van der Waals surface area contributed by atoms with Crippen molar-refractivity contribution in [3.63, 3.8) is 0 Å². The predicted molar refractivity (Wildman–Crippen MR) is 109 cm³/mol. The lowest BCUT2D eigenvalue weighted by Crippen LogP contribution is -2.46. The molecule has 27 heavy (non-hydrogen) atoms. The molecule has 0 unspecified atom stereocenters. The van der Waals surface area contributed by atoms with Crippen molar-refractivity contribution in [1.82, 2.24) is 24.4 Å². The highest BCUT2D eigenvalue weighted by atomic mass is 32.1. The van der Waals surface area contributed by atoms with E-state index in [0.717, 1.165) is 50.7 Å². The van der Waals surface area contributed by atoms with Crippen LogP contribution in [0.1, 0.15) is 23.3 Å². The Morgan fingerprint density at radius 2 is 1.74 bits per heavy atom. The molecule has 0 amide bonds. The molecular formula is C20H26N6S. The molecule has 0 atom stereocenters. The molecule has 2 fully saturated rings. The van der Waals surface area contributed by atoms with Gasteiger partial charge in [0.05, 0.1) is 0 Å². The third-order valence-corrected chi connectivity index (χ3v) is 6.60. The molecule has 2 aliphatic heterocycles. The lowest BCUT2D eigenvalue weighted by atomic mass is 10.2. The predicted octanol–water partition coefficient (Wildman–Crippen LogP) is 2.71. The first-order chi connectivity index (χ1) is 13.3. The number of fused-ring (bicyclic) bond motifs is 1. The number of likely N-dealkylation sites (tertiary alicyclic amines) is 1. The lowest BCUT2D eigenvalue weighted by Gasteiger charge is -2.35. The first kappa shape index (κ1) is 17.2. The molecule has 0 N–H and O–H groups in total. The minimum atomic E-state index is 0.903. The van der Waals surface area contributed by atoms with Crippen LogP contribution in [0.25, 0.3) is 5.65 Å². The second-order valence-electron chi connectivity index (χ2n) is 7.59. The molecule has 7 heteroatoms. The molecule has 5 rings (SSSR count). The Kier molecular flexibility index (Phi) is 4.82. The van der Waals surface area contributed by atoms with Gasteiger partial charge < -0.3 is 4.90 Å². The van der Waals surface area contributed by atoms with Crippen molar-refractivity contribution in [3.8, 4) is 0 Å². The summed E-state index contributed by atoms with van der Waals surface area (Å²) in [5, 5.41) is 7.03. The van der Waals surface area contributed by atoms with Crippen LogP contribution in [0.15, 0.2) is 36.0 Å². The fourth-order valence-corrected chi connectivity index (χ4v) is 5.04. The van der Waals surface area contributed by atoms with E-state index in [1.807, 2.05) is 28.1 Å². The number of hydrogen-bond donors (Lipinski definition) is 0. The van der Waals surface area contributed by atoms with Crippen molar-refractivity contribution in [2.45, 2.75) is 25.9 Å². The summed E-state index contributed by atoms with van der Waals surface area (Å²) in [7, 11) is 0. The van der Waals surface area contributed by atoms with Crippen LogP contribution in [-0.4, -0.2) is 63.7 Å². The van der Waals surface area contributed by atoms with Crippen LogP contribution in [0.3, 0.4) is 0 Å². The van der Waals surface area contributed by atoms with E-state index < -0.39 is 0 Å². The van der Waals surface area contributed by atoms with Crippen molar-refractivity contribution >= 4 is 22.8 Å². The molecule has 0 aromatic carbocycles. The minimum Gasteiger partial charge on any atom is -0.353 e. The van der Waals surface area contributed by atoms with Gasteiger partial charge >= 0.3 is 0 Å². The van der Waals surface area contributed by atoms with E-state index >= 15 is 0 Å². The van der Waals surface area contributed by atoms with Gasteiger partial charge in [0.1, 0.15) is 5.82 Å². The molecular weight excluding hydrogens is 356 g/mol. The average molecular weight is 383 g/mol. The van der Waals surface area contributed by atoms with E-state index in [4.69, 9.17) is 0 Å². The second-order valence-corrected chi connectivity index (χ2v) is 8.59. The van der Waals surface area contributed by atoms with Gasteiger partial charge in [-0.3, -0.25) is 9.80 Å². The third-order valence-electron chi connectivity index (χ3n) is 5.63. The standard InChI is InChI=1S/C20H26N6S/c1-2-7-23(6-1)14-17-13-18(27-16-17)15-24-9-11-25(12-10-24)20-4-3-19-21-5-8-26(19)22-20/h3-5,8,13,16H,1-2,6-7,9-12,14-15H2. The molecule has 2 aliphatic rings. The molecule has 0 saturated carbocycles. The van der Waals surface area contributed by atoms with E-state index in [1.165, 1.54) is 36.4 Å².